The molecule has 0 atom stereocenters. The lowest BCUT2D eigenvalue weighted by Crippen LogP contribution is -2.41. The largest absolute Gasteiger partial charge is 0.497 e. The molecule has 0 radical (unpaired) electrons. The van der Waals surface area contributed by atoms with Crippen molar-refractivity contribution >= 4 is 28.9 Å². The Bertz CT molecular complexity index is 858. The van der Waals surface area contributed by atoms with Crippen LogP contribution in [0.1, 0.15) is 5.56 Å². The van der Waals surface area contributed by atoms with Crippen LogP contribution in [0.15, 0.2) is 42.5 Å². The van der Waals surface area contributed by atoms with E-state index in [0.29, 0.717) is 24.5 Å². The predicted octanol–water partition coefficient (Wildman–Crippen LogP) is 4.40. The van der Waals surface area contributed by atoms with Crippen LogP contribution in [0.3, 0.4) is 0 Å². The van der Waals surface area contributed by atoms with E-state index in [1.165, 1.54) is 17.0 Å². The van der Waals surface area contributed by atoms with Gasteiger partial charge in [0.15, 0.2) is 0 Å². The summed E-state index contributed by atoms with van der Waals surface area (Å²) in [7, 11) is 6.88. The Morgan fingerprint density at radius 3 is 2.13 bits per heavy atom. The van der Waals surface area contributed by atoms with Crippen molar-refractivity contribution in [2.45, 2.75) is 6.18 Å². The van der Waals surface area contributed by atoms with E-state index in [4.69, 9.17) is 16.3 Å². The number of methoxy groups -OCH3 is 1. The number of hydrogen-bond donors (Lipinski definition) is 0. The first-order valence-corrected chi connectivity index (χ1v) is 9.57. The normalized spacial score (nSPS) is 11.5. The van der Waals surface area contributed by atoms with Crippen molar-refractivity contribution in [1.29, 1.82) is 0 Å². The fourth-order valence-electron chi connectivity index (χ4n) is 2.77. The molecule has 5 nitrogen and oxygen atoms in total. The number of likely N-dealkylation sites (N-methyl/N-ethyl adjacent to an activating group) is 2. The zero-order valence-corrected chi connectivity index (χ0v) is 18.1. The predicted molar refractivity (Wildman–Crippen MR) is 114 cm³/mol. The van der Waals surface area contributed by atoms with Crippen LogP contribution in [0, 0.1) is 0 Å². The third kappa shape index (κ3) is 6.27. The molecule has 0 aliphatic carbocycles. The van der Waals surface area contributed by atoms with Crippen LogP contribution in [0.2, 0.25) is 5.02 Å². The molecular weight excluding hydrogens is 419 g/mol. The van der Waals surface area contributed by atoms with Gasteiger partial charge >= 0.3 is 6.18 Å². The van der Waals surface area contributed by atoms with Gasteiger partial charge in [0, 0.05) is 31.5 Å². The van der Waals surface area contributed by atoms with Gasteiger partial charge in [0.2, 0.25) is 5.91 Å². The second-order valence-corrected chi connectivity index (χ2v) is 7.44. The van der Waals surface area contributed by atoms with Crippen molar-refractivity contribution in [3.05, 3.63) is 53.1 Å². The third-order valence-electron chi connectivity index (χ3n) is 4.60. The highest BCUT2D eigenvalue weighted by molar-refractivity contribution is 6.31. The number of alkyl halides is 3. The number of ether oxygens (including phenoxy) is 1. The fourth-order valence-corrected chi connectivity index (χ4v) is 2.99. The zero-order chi connectivity index (χ0) is 22.5. The van der Waals surface area contributed by atoms with Gasteiger partial charge in [-0.15, -0.1) is 0 Å². The Hall–Kier alpha value is -2.45. The maximum absolute atomic E-state index is 13.3. The van der Waals surface area contributed by atoms with E-state index in [9.17, 15) is 18.0 Å². The molecule has 9 heteroatoms. The van der Waals surface area contributed by atoms with Crippen molar-refractivity contribution in [2.75, 3.05) is 57.7 Å². The number of rotatable bonds is 8. The van der Waals surface area contributed by atoms with E-state index in [0.717, 1.165) is 6.07 Å². The second-order valence-electron chi connectivity index (χ2n) is 7.04. The first-order chi connectivity index (χ1) is 14.0. The molecule has 30 heavy (non-hydrogen) atoms. The number of anilines is 2. The number of carbonyl (C=O) groups excluding carboxylic acids is 1. The Labute approximate surface area is 179 Å². The molecule has 0 saturated heterocycles. The van der Waals surface area contributed by atoms with Gasteiger partial charge in [-0.1, -0.05) is 11.6 Å². The van der Waals surface area contributed by atoms with Crippen LogP contribution >= 0.6 is 11.6 Å². The van der Waals surface area contributed by atoms with Crippen LogP contribution in [0.5, 0.6) is 5.75 Å². The quantitative estimate of drug-likeness (QED) is 0.606. The molecule has 0 aliphatic rings. The molecule has 0 unspecified atom stereocenters. The Balaban J connectivity index is 2.27. The molecule has 2 aromatic carbocycles. The highest BCUT2D eigenvalue weighted by Crippen LogP contribution is 2.37. The van der Waals surface area contributed by atoms with E-state index in [2.05, 4.69) is 0 Å². The van der Waals surface area contributed by atoms with Gasteiger partial charge in [0.05, 0.1) is 24.2 Å². The molecule has 1 amide bonds. The van der Waals surface area contributed by atoms with Crippen molar-refractivity contribution in [2.24, 2.45) is 0 Å². The molecule has 0 aromatic heterocycles. The molecule has 0 bridgehead atoms. The van der Waals surface area contributed by atoms with Crippen molar-refractivity contribution < 1.29 is 22.7 Å². The number of nitrogens with zero attached hydrogens (tertiary/aromatic N) is 3. The molecule has 0 saturated carbocycles. The van der Waals surface area contributed by atoms with Crippen LogP contribution in [-0.2, 0) is 11.0 Å². The summed E-state index contributed by atoms with van der Waals surface area (Å²) in [6.07, 6.45) is -4.58. The summed E-state index contributed by atoms with van der Waals surface area (Å²) in [6, 6.07) is 10.6. The molecule has 0 N–H and O–H groups in total. The summed E-state index contributed by atoms with van der Waals surface area (Å²) < 4.78 is 45.0. The average Bonchev–Trinajstić information content (AvgIpc) is 2.70. The summed E-state index contributed by atoms with van der Waals surface area (Å²) in [4.78, 5) is 17.8. The Morgan fingerprint density at radius 1 is 1.00 bits per heavy atom. The molecule has 2 rings (SSSR count). The smallest absolute Gasteiger partial charge is 0.417 e. The minimum Gasteiger partial charge on any atom is -0.497 e. The average molecular weight is 444 g/mol. The maximum Gasteiger partial charge on any atom is 0.417 e. The van der Waals surface area contributed by atoms with Gasteiger partial charge in [-0.05, 0) is 56.6 Å². The molecule has 164 valence electrons. The topological polar surface area (TPSA) is 36.0 Å². The minimum absolute atomic E-state index is 0.0880. The van der Waals surface area contributed by atoms with Crippen LogP contribution in [0.4, 0.5) is 24.5 Å². The zero-order valence-electron chi connectivity index (χ0n) is 17.3. The molecule has 0 heterocycles. The number of benzene rings is 2. The second kappa shape index (κ2) is 10.0. The summed E-state index contributed by atoms with van der Waals surface area (Å²) in [5, 5.41) is -0.375. The molecule has 0 spiro atoms. The lowest BCUT2D eigenvalue weighted by Gasteiger charge is -2.29. The van der Waals surface area contributed by atoms with E-state index in [1.807, 2.05) is 19.0 Å². The Kier molecular flexibility index (Phi) is 7.97. The minimum atomic E-state index is -4.58. The van der Waals surface area contributed by atoms with E-state index in [1.54, 1.807) is 43.3 Å². The molecule has 0 fully saturated rings. The lowest BCUT2D eigenvalue weighted by atomic mass is 10.1. The monoisotopic (exact) mass is 443 g/mol. The van der Waals surface area contributed by atoms with Crippen molar-refractivity contribution in [3.63, 3.8) is 0 Å². The molecular formula is C21H25ClF3N3O2. The highest BCUT2D eigenvalue weighted by Gasteiger charge is 2.34. The van der Waals surface area contributed by atoms with Crippen LogP contribution < -0.4 is 14.5 Å². The molecule has 0 aliphatic heterocycles. The standard InChI is InChI=1S/C21H25ClF3N3O2/c1-26(2)11-12-28(16-7-10-19(22)18(13-16)21(23,24)25)14-20(29)27(3)15-5-8-17(30-4)9-6-15/h5-10,13H,11-12,14H2,1-4H3. The van der Waals surface area contributed by atoms with Crippen LogP contribution in [0.25, 0.3) is 0 Å². The fraction of sp³-hybridized carbons (Fsp3) is 0.381. The first-order valence-electron chi connectivity index (χ1n) is 9.20. The number of halogens is 4. The van der Waals surface area contributed by atoms with E-state index < -0.39 is 11.7 Å². The van der Waals surface area contributed by atoms with Gasteiger partial charge < -0.3 is 19.4 Å². The van der Waals surface area contributed by atoms with Gasteiger partial charge in [-0.2, -0.15) is 13.2 Å². The van der Waals surface area contributed by atoms with Crippen molar-refractivity contribution in [3.8, 4) is 5.75 Å². The van der Waals surface area contributed by atoms with Crippen molar-refractivity contribution in [1.82, 2.24) is 4.90 Å². The molecule has 2 aromatic rings. The summed E-state index contributed by atoms with van der Waals surface area (Å²) in [5.74, 6) is 0.399. The highest BCUT2D eigenvalue weighted by atomic mass is 35.5. The Morgan fingerprint density at radius 2 is 1.60 bits per heavy atom. The lowest BCUT2D eigenvalue weighted by molar-refractivity contribution is -0.137. The summed E-state index contributed by atoms with van der Waals surface area (Å²) in [5.41, 5.74) is 0.0120. The van der Waals surface area contributed by atoms with Gasteiger partial charge in [0.1, 0.15) is 5.75 Å². The number of hydrogen-bond acceptors (Lipinski definition) is 4. The summed E-state index contributed by atoms with van der Waals surface area (Å²) in [6.45, 7) is 0.840. The van der Waals surface area contributed by atoms with E-state index in [-0.39, 0.29) is 23.2 Å². The maximum atomic E-state index is 13.3. The number of carbonyl (C=O) groups is 1. The first kappa shape index (κ1) is 23.8. The SMILES string of the molecule is COc1ccc(N(C)C(=O)CN(CCN(C)C)c2ccc(Cl)c(C(F)(F)F)c2)cc1. The van der Waals surface area contributed by atoms with Crippen LogP contribution in [-0.4, -0.2) is 58.7 Å². The third-order valence-corrected chi connectivity index (χ3v) is 4.93. The van der Waals surface area contributed by atoms with E-state index >= 15 is 0 Å². The summed E-state index contributed by atoms with van der Waals surface area (Å²) >= 11 is 5.74. The van der Waals surface area contributed by atoms with Gasteiger partial charge in [-0.25, -0.2) is 0 Å². The van der Waals surface area contributed by atoms with Gasteiger partial charge in [-0.3, -0.25) is 4.79 Å². The number of amides is 1. The van der Waals surface area contributed by atoms with Gasteiger partial charge in [0.25, 0.3) is 0 Å².